The highest BCUT2D eigenvalue weighted by atomic mass is 19.4. The quantitative estimate of drug-likeness (QED) is 0.921. The molecular weight excluding hydrogens is 335 g/mol. The zero-order chi connectivity index (χ0) is 18.0. The normalized spacial score (nSPS) is 21.1. The third-order valence-electron chi connectivity index (χ3n) is 4.32. The first-order valence-corrected chi connectivity index (χ1v) is 8.08. The maximum absolute atomic E-state index is 13.1. The number of rotatable bonds is 3. The standard InChI is InChI=1S/C16H18F3N5O/c1-10-2-4-11(5-3-10)21-14(25)12-8-13(16(17,18)19)23-15(22-12)24-7-6-20-9-24/h6-11H,2-5H2,1H3,(H,21,25). The second kappa shape index (κ2) is 6.81. The van der Waals surface area contributed by atoms with Gasteiger partial charge in [-0.15, -0.1) is 0 Å². The van der Waals surface area contributed by atoms with E-state index in [1.807, 2.05) is 0 Å². The summed E-state index contributed by atoms with van der Waals surface area (Å²) in [6, 6.07) is 0.644. The molecule has 6 nitrogen and oxygen atoms in total. The van der Waals surface area contributed by atoms with Crippen LogP contribution in [0.1, 0.15) is 48.8 Å². The van der Waals surface area contributed by atoms with Crippen LogP contribution in [0.2, 0.25) is 0 Å². The van der Waals surface area contributed by atoms with E-state index in [1.54, 1.807) is 0 Å². The van der Waals surface area contributed by atoms with Crippen molar-refractivity contribution in [1.82, 2.24) is 24.8 Å². The van der Waals surface area contributed by atoms with Crippen molar-refractivity contribution in [3.8, 4) is 5.95 Å². The molecule has 1 saturated carbocycles. The summed E-state index contributed by atoms with van der Waals surface area (Å²) in [5.41, 5.74) is -1.46. The number of hydrogen-bond acceptors (Lipinski definition) is 4. The number of alkyl halides is 3. The third-order valence-corrected chi connectivity index (χ3v) is 4.32. The summed E-state index contributed by atoms with van der Waals surface area (Å²) in [4.78, 5) is 23.6. The van der Waals surface area contributed by atoms with Gasteiger partial charge in [-0.25, -0.2) is 15.0 Å². The van der Waals surface area contributed by atoms with Crippen LogP contribution in [0, 0.1) is 5.92 Å². The number of carbonyl (C=O) groups excluding carboxylic acids is 1. The molecule has 0 radical (unpaired) electrons. The molecule has 0 atom stereocenters. The Hall–Kier alpha value is -2.45. The highest BCUT2D eigenvalue weighted by Crippen LogP contribution is 2.29. The van der Waals surface area contributed by atoms with Gasteiger partial charge in [0.05, 0.1) is 0 Å². The van der Waals surface area contributed by atoms with Gasteiger partial charge in [-0.1, -0.05) is 6.92 Å². The third kappa shape index (κ3) is 4.15. The fourth-order valence-corrected chi connectivity index (χ4v) is 2.85. The van der Waals surface area contributed by atoms with Gasteiger partial charge in [-0.2, -0.15) is 13.2 Å². The van der Waals surface area contributed by atoms with Gasteiger partial charge in [0, 0.05) is 24.5 Å². The van der Waals surface area contributed by atoms with Crippen LogP contribution < -0.4 is 5.32 Å². The van der Waals surface area contributed by atoms with Gasteiger partial charge in [0.1, 0.15) is 12.0 Å². The first-order valence-electron chi connectivity index (χ1n) is 8.08. The summed E-state index contributed by atoms with van der Waals surface area (Å²) in [6.45, 7) is 2.15. The second-order valence-corrected chi connectivity index (χ2v) is 6.34. The van der Waals surface area contributed by atoms with Gasteiger partial charge in [0.25, 0.3) is 5.91 Å². The van der Waals surface area contributed by atoms with E-state index in [2.05, 4.69) is 27.2 Å². The van der Waals surface area contributed by atoms with E-state index in [9.17, 15) is 18.0 Å². The van der Waals surface area contributed by atoms with E-state index in [-0.39, 0.29) is 17.7 Å². The van der Waals surface area contributed by atoms with E-state index in [0.29, 0.717) is 12.0 Å². The SMILES string of the molecule is CC1CCC(NC(=O)c2cc(C(F)(F)F)nc(-n3ccnc3)n2)CC1. The van der Waals surface area contributed by atoms with Gasteiger partial charge in [0.15, 0.2) is 5.69 Å². The molecule has 2 heterocycles. The number of aromatic nitrogens is 4. The summed E-state index contributed by atoms with van der Waals surface area (Å²) in [7, 11) is 0. The molecule has 0 aliphatic heterocycles. The molecular formula is C16H18F3N5O. The molecule has 9 heteroatoms. The molecule has 0 aromatic carbocycles. The van der Waals surface area contributed by atoms with Crippen molar-refractivity contribution >= 4 is 5.91 Å². The molecule has 134 valence electrons. The number of nitrogens with one attached hydrogen (secondary N) is 1. The highest BCUT2D eigenvalue weighted by molar-refractivity contribution is 5.92. The maximum Gasteiger partial charge on any atom is 0.433 e. The van der Waals surface area contributed by atoms with E-state index in [1.165, 1.54) is 23.3 Å². The lowest BCUT2D eigenvalue weighted by Crippen LogP contribution is -2.38. The van der Waals surface area contributed by atoms with E-state index >= 15 is 0 Å². The van der Waals surface area contributed by atoms with Crippen molar-refractivity contribution in [2.45, 2.75) is 44.8 Å². The molecule has 1 amide bonds. The fourth-order valence-electron chi connectivity index (χ4n) is 2.85. The molecule has 25 heavy (non-hydrogen) atoms. The van der Waals surface area contributed by atoms with Gasteiger partial charge in [-0.05, 0) is 31.6 Å². The van der Waals surface area contributed by atoms with Crippen LogP contribution in [0.4, 0.5) is 13.2 Å². The van der Waals surface area contributed by atoms with Gasteiger partial charge in [-0.3, -0.25) is 9.36 Å². The van der Waals surface area contributed by atoms with Crippen molar-refractivity contribution in [2.75, 3.05) is 0 Å². The fraction of sp³-hybridized carbons (Fsp3) is 0.500. The molecule has 1 aliphatic carbocycles. The summed E-state index contributed by atoms with van der Waals surface area (Å²) < 4.78 is 40.6. The first-order chi connectivity index (χ1) is 11.8. The van der Waals surface area contributed by atoms with Crippen LogP contribution in [0.5, 0.6) is 0 Å². The lowest BCUT2D eigenvalue weighted by atomic mass is 9.87. The Kier molecular flexibility index (Phi) is 4.73. The predicted octanol–water partition coefficient (Wildman–Crippen LogP) is 2.99. The Bertz CT molecular complexity index is 737. The number of nitrogens with zero attached hydrogens (tertiary/aromatic N) is 4. The van der Waals surface area contributed by atoms with Crippen LogP contribution in [0.15, 0.2) is 24.8 Å². The van der Waals surface area contributed by atoms with E-state index in [4.69, 9.17) is 0 Å². The first kappa shape index (κ1) is 17.4. The van der Waals surface area contributed by atoms with Crippen LogP contribution in [0.3, 0.4) is 0 Å². The van der Waals surface area contributed by atoms with Crippen molar-refractivity contribution in [3.05, 3.63) is 36.2 Å². The monoisotopic (exact) mass is 353 g/mol. The Morgan fingerprint density at radius 1 is 1.24 bits per heavy atom. The number of imidazole rings is 1. The smallest absolute Gasteiger partial charge is 0.348 e. The zero-order valence-corrected chi connectivity index (χ0v) is 13.6. The highest BCUT2D eigenvalue weighted by Gasteiger charge is 2.35. The number of halogens is 3. The minimum Gasteiger partial charge on any atom is -0.348 e. The lowest BCUT2D eigenvalue weighted by molar-refractivity contribution is -0.141. The minimum atomic E-state index is -4.67. The molecule has 2 aromatic rings. The average Bonchev–Trinajstić information content (AvgIpc) is 3.10. The molecule has 0 spiro atoms. The summed E-state index contributed by atoms with van der Waals surface area (Å²) in [5.74, 6) is -0.250. The largest absolute Gasteiger partial charge is 0.433 e. The molecule has 0 saturated heterocycles. The zero-order valence-electron chi connectivity index (χ0n) is 13.6. The summed E-state index contributed by atoms with van der Waals surface area (Å²) in [5, 5.41) is 2.79. The van der Waals surface area contributed by atoms with Gasteiger partial charge >= 0.3 is 6.18 Å². The van der Waals surface area contributed by atoms with Crippen LogP contribution >= 0.6 is 0 Å². The van der Waals surface area contributed by atoms with Crippen molar-refractivity contribution < 1.29 is 18.0 Å². The summed E-state index contributed by atoms with van der Waals surface area (Å²) >= 11 is 0. The van der Waals surface area contributed by atoms with Gasteiger partial charge < -0.3 is 5.32 Å². The Morgan fingerprint density at radius 3 is 2.56 bits per heavy atom. The van der Waals surface area contributed by atoms with Gasteiger partial charge in [0.2, 0.25) is 5.95 Å². The number of carbonyl (C=O) groups is 1. The van der Waals surface area contributed by atoms with E-state index < -0.39 is 17.8 Å². The Morgan fingerprint density at radius 2 is 1.96 bits per heavy atom. The average molecular weight is 353 g/mol. The Labute approximate surface area is 142 Å². The van der Waals surface area contributed by atoms with Crippen molar-refractivity contribution in [3.63, 3.8) is 0 Å². The second-order valence-electron chi connectivity index (χ2n) is 6.34. The predicted molar refractivity (Wildman–Crippen MR) is 83.0 cm³/mol. The number of amides is 1. The number of hydrogen-bond donors (Lipinski definition) is 1. The molecule has 1 N–H and O–H groups in total. The molecule has 0 bridgehead atoms. The molecule has 0 unspecified atom stereocenters. The lowest BCUT2D eigenvalue weighted by Gasteiger charge is -2.26. The minimum absolute atomic E-state index is 0.0373. The molecule has 1 fully saturated rings. The van der Waals surface area contributed by atoms with Crippen LogP contribution in [-0.2, 0) is 6.18 Å². The maximum atomic E-state index is 13.1. The molecule has 3 rings (SSSR count). The van der Waals surface area contributed by atoms with Crippen LogP contribution in [-0.4, -0.2) is 31.5 Å². The molecule has 2 aromatic heterocycles. The van der Waals surface area contributed by atoms with Crippen molar-refractivity contribution in [2.24, 2.45) is 5.92 Å². The van der Waals surface area contributed by atoms with Crippen LogP contribution in [0.25, 0.3) is 5.95 Å². The van der Waals surface area contributed by atoms with Crippen molar-refractivity contribution in [1.29, 1.82) is 0 Å². The topological polar surface area (TPSA) is 72.7 Å². The van der Waals surface area contributed by atoms with E-state index in [0.717, 1.165) is 25.7 Å². The summed E-state index contributed by atoms with van der Waals surface area (Å²) in [6.07, 6.45) is 3.03. The molecule has 1 aliphatic rings. The Balaban J connectivity index is 1.86.